The molecular weight excluding hydrogens is 833 g/mol. The number of hydrogen-bond donors (Lipinski definition) is 4. The molecule has 17 nitrogen and oxygen atoms in total. The number of likely N-dealkylation sites (N-methyl/N-ethyl adjacent to an activating group) is 1. The van der Waals surface area contributed by atoms with Gasteiger partial charge < -0.3 is 68.1 Å². The zero-order valence-corrected chi connectivity index (χ0v) is 40.5. The average molecular weight is 911 g/mol. The van der Waals surface area contributed by atoms with Gasteiger partial charge in [0.1, 0.15) is 35.8 Å². The van der Waals surface area contributed by atoms with E-state index in [1.807, 2.05) is 63.2 Å². The van der Waals surface area contributed by atoms with Crippen LogP contribution in [0, 0.1) is 23.7 Å². The Hall–Kier alpha value is -2.97. The second-order valence-corrected chi connectivity index (χ2v) is 19.2. The van der Waals surface area contributed by atoms with Gasteiger partial charge in [0.2, 0.25) is 0 Å². The summed E-state index contributed by atoms with van der Waals surface area (Å²) in [5.41, 5.74) is -4.52. The van der Waals surface area contributed by atoms with Crippen molar-refractivity contribution < 1.29 is 72.7 Å². The first-order chi connectivity index (χ1) is 29.9. The third-order valence-electron chi connectivity index (χ3n) is 13.5. The maximum absolute atomic E-state index is 14.5. The summed E-state index contributed by atoms with van der Waals surface area (Å²) in [6.45, 7) is 18.6. The molecular formula is C47H78N2O15. The summed E-state index contributed by atoms with van der Waals surface area (Å²) in [7, 11) is 5.23. The van der Waals surface area contributed by atoms with Crippen LogP contribution in [0.25, 0.3) is 0 Å². The smallest absolute Gasteiger partial charge is 0.311 e. The zero-order chi connectivity index (χ0) is 47.9. The first-order valence-corrected chi connectivity index (χ1v) is 22.8. The number of para-hydroxylation sites is 1. The molecule has 3 heterocycles. The molecule has 4 rings (SSSR count). The molecule has 366 valence electrons. The molecule has 4 N–H and O–H groups in total. The molecule has 64 heavy (non-hydrogen) atoms. The predicted octanol–water partition coefficient (Wildman–Crippen LogP) is 4.24. The number of ether oxygens (including phenoxy) is 8. The van der Waals surface area contributed by atoms with Crippen molar-refractivity contribution >= 4 is 17.7 Å². The van der Waals surface area contributed by atoms with E-state index in [9.17, 15) is 30.0 Å². The molecule has 0 radical (unpaired) electrons. The molecule has 1 aromatic rings. The van der Waals surface area contributed by atoms with Crippen molar-refractivity contribution in [2.75, 3.05) is 34.4 Å². The van der Waals surface area contributed by atoms with Gasteiger partial charge in [-0.15, -0.1) is 0 Å². The minimum Gasteiger partial charge on any atom is -0.490 e. The molecule has 0 aliphatic carbocycles. The van der Waals surface area contributed by atoms with Crippen LogP contribution >= 0.6 is 0 Å². The summed E-state index contributed by atoms with van der Waals surface area (Å²) in [5, 5.41) is 53.2. The fraction of sp³-hybridized carbons (Fsp3) is 0.809. The lowest BCUT2D eigenvalue weighted by atomic mass is 9.73. The van der Waals surface area contributed by atoms with E-state index in [4.69, 9.17) is 42.7 Å². The molecule has 0 amide bonds. The maximum atomic E-state index is 14.5. The van der Waals surface area contributed by atoms with Crippen LogP contribution < -0.4 is 4.74 Å². The van der Waals surface area contributed by atoms with Crippen LogP contribution in [0.15, 0.2) is 35.5 Å². The topological polar surface area (TPSA) is 214 Å². The molecule has 3 aliphatic rings. The molecule has 3 fully saturated rings. The fourth-order valence-electron chi connectivity index (χ4n) is 9.81. The highest BCUT2D eigenvalue weighted by atomic mass is 16.7. The monoisotopic (exact) mass is 911 g/mol. The number of aliphatic hydroxyl groups is 4. The van der Waals surface area contributed by atoms with Gasteiger partial charge in [-0.1, -0.05) is 51.0 Å². The first kappa shape index (κ1) is 53.6. The Balaban J connectivity index is 1.83. The van der Waals surface area contributed by atoms with Crippen LogP contribution in [-0.4, -0.2) is 162 Å². The van der Waals surface area contributed by atoms with E-state index >= 15 is 0 Å². The maximum Gasteiger partial charge on any atom is 0.311 e. The molecule has 18 atom stereocenters. The number of hydrogen-bond acceptors (Lipinski definition) is 17. The predicted molar refractivity (Wildman–Crippen MR) is 236 cm³/mol. The van der Waals surface area contributed by atoms with Gasteiger partial charge in [0.25, 0.3) is 0 Å². The van der Waals surface area contributed by atoms with Gasteiger partial charge in [-0.05, 0) is 87.0 Å². The number of esters is 2. The lowest BCUT2D eigenvalue weighted by Gasteiger charge is -2.49. The van der Waals surface area contributed by atoms with Gasteiger partial charge in [0.15, 0.2) is 25.3 Å². The Morgan fingerprint density at radius 1 is 0.922 bits per heavy atom. The van der Waals surface area contributed by atoms with Crippen molar-refractivity contribution in [2.45, 2.75) is 186 Å². The van der Waals surface area contributed by atoms with Crippen molar-refractivity contribution in [3.05, 3.63) is 30.3 Å². The molecule has 3 aliphatic heterocycles. The molecule has 1 aromatic carbocycles. The third-order valence-corrected chi connectivity index (χ3v) is 13.5. The highest BCUT2D eigenvalue weighted by Gasteiger charge is 2.54. The van der Waals surface area contributed by atoms with Crippen molar-refractivity contribution in [1.29, 1.82) is 0 Å². The summed E-state index contributed by atoms with van der Waals surface area (Å²) in [4.78, 5) is 34.3. The molecule has 0 spiro atoms. The summed E-state index contributed by atoms with van der Waals surface area (Å²) < 4.78 is 49.7. The molecule has 0 saturated carbocycles. The van der Waals surface area contributed by atoms with Crippen molar-refractivity contribution in [3.63, 3.8) is 0 Å². The molecule has 0 bridgehead atoms. The summed E-state index contributed by atoms with van der Waals surface area (Å²) in [6.07, 6.45) is -9.51. The number of methoxy groups -OCH3 is 1. The van der Waals surface area contributed by atoms with E-state index in [0.717, 1.165) is 0 Å². The number of rotatable bonds is 13. The minimum absolute atomic E-state index is 0.0368. The number of aliphatic hydroxyl groups excluding tert-OH is 2. The number of benzene rings is 1. The highest BCUT2D eigenvalue weighted by Crippen LogP contribution is 2.41. The van der Waals surface area contributed by atoms with Crippen molar-refractivity contribution in [3.8, 4) is 5.75 Å². The van der Waals surface area contributed by atoms with Gasteiger partial charge >= 0.3 is 11.9 Å². The second kappa shape index (κ2) is 22.7. The van der Waals surface area contributed by atoms with Gasteiger partial charge in [-0.25, -0.2) is 0 Å². The second-order valence-electron chi connectivity index (χ2n) is 19.2. The standard InChI is InChI=1S/C47H78N2O15/c1-15-35-47(11,55)40(52)28(4)37(48-58-22-21-57-33-19-17-16-18-20-33)26(2)24-45(9,54)41(64-44-38(51)34(49(12)13)23-27(3)59-44)29(5)39(30(6)43(53)62-35)63-36-25-46(10,56-14)42(31(7)60-36)61-32(8)50/h16-20,26-31,34-36,38-42,44,51-52,54-55H,15,21-25H2,1-14H3/b48-37+/t26-,27-,28+,29+,30-,31+,34+,35-,36+,38-,39+,40-,41-,42+,44+,45?,46-,47-/m1/s1. The molecule has 0 aromatic heterocycles. The number of oxime groups is 1. The van der Waals surface area contributed by atoms with Crippen LogP contribution in [0.3, 0.4) is 0 Å². The Morgan fingerprint density at radius 3 is 2.17 bits per heavy atom. The van der Waals surface area contributed by atoms with Gasteiger partial charge in [-0.2, -0.15) is 0 Å². The summed E-state index contributed by atoms with van der Waals surface area (Å²) in [5.74, 6) is -4.07. The number of cyclic esters (lactones) is 1. The summed E-state index contributed by atoms with van der Waals surface area (Å²) >= 11 is 0. The minimum atomic E-state index is -1.98. The van der Waals surface area contributed by atoms with Crippen molar-refractivity contribution in [2.24, 2.45) is 28.8 Å². The van der Waals surface area contributed by atoms with Crippen LogP contribution in [-0.2, 0) is 47.6 Å². The number of carbonyl (C=O) groups excluding carboxylic acids is 2. The third kappa shape index (κ3) is 12.9. The quantitative estimate of drug-likeness (QED) is 0.124. The summed E-state index contributed by atoms with van der Waals surface area (Å²) in [6, 6.07) is 8.89. The number of carbonyl (C=O) groups is 2. The van der Waals surface area contributed by atoms with E-state index in [2.05, 4.69) is 5.16 Å². The lowest BCUT2D eigenvalue weighted by Crippen LogP contribution is -2.61. The van der Waals surface area contributed by atoms with Crippen LogP contribution in [0.1, 0.15) is 102 Å². The first-order valence-electron chi connectivity index (χ1n) is 22.8. The number of nitrogens with zero attached hydrogens (tertiary/aromatic N) is 2. The van der Waals surface area contributed by atoms with E-state index in [1.54, 1.807) is 48.5 Å². The van der Waals surface area contributed by atoms with Crippen LogP contribution in [0.2, 0.25) is 0 Å². The fourth-order valence-corrected chi connectivity index (χ4v) is 9.81. The molecule has 17 heteroatoms. The normalized spacial score (nSPS) is 42.4. The Bertz CT molecular complexity index is 1660. The largest absolute Gasteiger partial charge is 0.490 e. The van der Waals surface area contributed by atoms with E-state index in [0.29, 0.717) is 17.9 Å². The highest BCUT2D eigenvalue weighted by molar-refractivity contribution is 5.88. The van der Waals surface area contributed by atoms with Gasteiger partial charge in [0.05, 0.1) is 47.8 Å². The van der Waals surface area contributed by atoms with E-state index < -0.39 is 108 Å². The van der Waals surface area contributed by atoms with Gasteiger partial charge in [-0.3, -0.25) is 9.59 Å². The average Bonchev–Trinajstić information content (AvgIpc) is 3.22. The van der Waals surface area contributed by atoms with Gasteiger partial charge in [0, 0.05) is 44.2 Å². The van der Waals surface area contributed by atoms with E-state index in [1.165, 1.54) is 21.0 Å². The SMILES string of the molecule is CC[C@H]1OC(=O)[C@H](C)[C@@H](O[C@H]2C[C@@](C)(OC)[C@@H](OC(C)=O)[C@H](C)O2)[C@H](C)[C@@H](O[C@@H]2O[C@H](C)C[C@H](N(C)C)[C@H]2O)C(C)(O)C[C@@H](C)/C(=N\OCCOc2ccccc2)[C@H](C)[C@@H](O)[C@]1(C)O. The van der Waals surface area contributed by atoms with Crippen LogP contribution in [0.5, 0.6) is 5.75 Å². The molecule has 1 unspecified atom stereocenters. The van der Waals surface area contributed by atoms with Crippen molar-refractivity contribution in [1.82, 2.24) is 4.90 Å². The lowest BCUT2D eigenvalue weighted by molar-refractivity contribution is -0.318. The Labute approximate surface area is 380 Å². The van der Waals surface area contributed by atoms with E-state index in [-0.39, 0.29) is 44.6 Å². The Kier molecular flexibility index (Phi) is 19.0. The Morgan fingerprint density at radius 2 is 1.58 bits per heavy atom. The zero-order valence-electron chi connectivity index (χ0n) is 40.5. The molecule has 3 saturated heterocycles. The van der Waals surface area contributed by atoms with Crippen LogP contribution in [0.4, 0.5) is 0 Å².